The van der Waals surface area contributed by atoms with Crippen LogP contribution >= 0.6 is 11.8 Å². The predicted octanol–water partition coefficient (Wildman–Crippen LogP) is 14.5. The van der Waals surface area contributed by atoms with E-state index >= 15 is 0 Å². The topological polar surface area (TPSA) is 117 Å². The number of phenols is 2. The molecule has 8 rings (SSSR count). The molecule has 2 amide bonds. The quantitative estimate of drug-likeness (QED) is 0.0965. The van der Waals surface area contributed by atoms with Crippen LogP contribution in [0, 0.1) is 0 Å². The van der Waals surface area contributed by atoms with Crippen LogP contribution in [0.5, 0.6) is 23.0 Å². The van der Waals surface area contributed by atoms with Gasteiger partial charge in [-0.2, -0.15) is 0 Å². The number of phenolic OH excluding ortho intramolecular Hbond substituents is 2. The van der Waals surface area contributed by atoms with E-state index in [1.807, 2.05) is 109 Å². The summed E-state index contributed by atoms with van der Waals surface area (Å²) in [6.07, 6.45) is -1.28. The summed E-state index contributed by atoms with van der Waals surface area (Å²) >= 11 is 1.49. The van der Waals surface area contributed by atoms with Gasteiger partial charge in [-0.3, -0.25) is 10.6 Å². The Morgan fingerprint density at radius 3 is 1.12 bits per heavy atom. The van der Waals surface area contributed by atoms with Gasteiger partial charge in [0.05, 0.1) is 0 Å². The fourth-order valence-corrected chi connectivity index (χ4v) is 8.75. The number of ether oxygens (including phenoxy) is 2. The normalized spacial score (nSPS) is 11.4. The van der Waals surface area contributed by atoms with Crippen LogP contribution in [0.2, 0.25) is 0 Å². The highest BCUT2D eigenvalue weighted by Gasteiger charge is 2.24. The van der Waals surface area contributed by atoms with Crippen molar-refractivity contribution in [2.24, 2.45) is 0 Å². The third kappa shape index (κ3) is 10.4. The maximum absolute atomic E-state index is 13.3. The molecule has 0 bridgehead atoms. The molecule has 0 aromatic heterocycles. The Morgan fingerprint density at radius 1 is 0.431 bits per heavy atom. The fraction of sp³-hybridized carbons (Fsp3) is 0.107. The van der Waals surface area contributed by atoms with E-state index in [0.29, 0.717) is 22.9 Å². The van der Waals surface area contributed by atoms with Crippen molar-refractivity contribution < 1.29 is 29.3 Å². The zero-order valence-corrected chi connectivity index (χ0v) is 37.2. The highest BCUT2D eigenvalue weighted by Crippen LogP contribution is 2.43. The molecular weight excluding hydrogens is 829 g/mol. The van der Waals surface area contributed by atoms with Gasteiger partial charge in [0, 0.05) is 32.0 Å². The molecule has 9 heteroatoms. The number of benzene rings is 8. The Labute approximate surface area is 383 Å². The van der Waals surface area contributed by atoms with Crippen LogP contribution in [0.25, 0.3) is 22.3 Å². The summed E-state index contributed by atoms with van der Waals surface area (Å²) in [5, 5.41) is 26.0. The minimum atomic E-state index is -0.641. The Morgan fingerprint density at radius 2 is 0.769 bits per heavy atom. The predicted molar refractivity (Wildman–Crippen MR) is 261 cm³/mol. The van der Waals surface area contributed by atoms with E-state index in [-0.39, 0.29) is 22.3 Å². The van der Waals surface area contributed by atoms with Crippen LogP contribution in [0.3, 0.4) is 0 Å². The summed E-state index contributed by atoms with van der Waals surface area (Å²) in [5.74, 6) is 1.07. The number of anilines is 2. The van der Waals surface area contributed by atoms with Crippen molar-refractivity contribution in [2.75, 3.05) is 10.6 Å². The minimum absolute atomic E-state index is 0.124. The first-order valence-electron chi connectivity index (χ1n) is 21.2. The molecule has 0 saturated heterocycles. The Bertz CT molecular complexity index is 2720. The lowest BCUT2D eigenvalue weighted by molar-refractivity contribution is 0.214. The average molecular weight is 877 g/mol. The van der Waals surface area contributed by atoms with Gasteiger partial charge in [0.2, 0.25) is 0 Å². The summed E-state index contributed by atoms with van der Waals surface area (Å²) < 4.78 is 11.4. The van der Waals surface area contributed by atoms with Crippen molar-refractivity contribution in [3.8, 4) is 45.3 Å². The molecule has 65 heavy (non-hydrogen) atoms. The largest absolute Gasteiger partial charge is 0.508 e. The molecule has 8 aromatic rings. The first kappa shape index (κ1) is 43.9. The van der Waals surface area contributed by atoms with E-state index in [9.17, 15) is 19.8 Å². The molecule has 0 radical (unpaired) electrons. The maximum Gasteiger partial charge on any atom is 0.417 e. The number of nitrogens with one attached hydrogen (secondary N) is 2. The molecule has 0 aliphatic rings. The van der Waals surface area contributed by atoms with Crippen molar-refractivity contribution >= 4 is 35.3 Å². The summed E-state index contributed by atoms with van der Waals surface area (Å²) in [5.41, 5.74) is 8.29. The minimum Gasteiger partial charge on any atom is -0.508 e. The van der Waals surface area contributed by atoms with Crippen LogP contribution in [0.4, 0.5) is 21.0 Å². The van der Waals surface area contributed by atoms with Gasteiger partial charge in [-0.05, 0) is 129 Å². The number of carbonyl (C=O) groups is 2. The Kier molecular flexibility index (Phi) is 12.8. The van der Waals surface area contributed by atoms with Crippen molar-refractivity contribution in [1.29, 1.82) is 0 Å². The molecule has 0 heterocycles. The number of carbonyl (C=O) groups excluding carboxylic acids is 2. The lowest BCUT2D eigenvalue weighted by atomic mass is 9.78. The maximum atomic E-state index is 13.3. The van der Waals surface area contributed by atoms with Crippen molar-refractivity contribution in [3.05, 3.63) is 216 Å². The number of amides is 2. The third-order valence-corrected chi connectivity index (χ3v) is 12.7. The second kappa shape index (κ2) is 18.9. The van der Waals surface area contributed by atoms with Gasteiger partial charge in [0.15, 0.2) is 0 Å². The second-order valence-electron chi connectivity index (χ2n) is 16.7. The van der Waals surface area contributed by atoms with E-state index in [1.54, 1.807) is 60.7 Å². The van der Waals surface area contributed by atoms with E-state index < -0.39 is 12.2 Å². The molecule has 0 aliphatic heterocycles. The molecule has 0 spiro atoms. The number of hydrogen-bond donors (Lipinski definition) is 4. The van der Waals surface area contributed by atoms with Crippen molar-refractivity contribution in [1.82, 2.24) is 0 Å². The van der Waals surface area contributed by atoms with Gasteiger partial charge >= 0.3 is 12.2 Å². The van der Waals surface area contributed by atoms with Crippen LogP contribution in [-0.2, 0) is 10.8 Å². The highest BCUT2D eigenvalue weighted by molar-refractivity contribution is 7.99. The molecule has 324 valence electrons. The monoisotopic (exact) mass is 876 g/mol. The zero-order valence-electron chi connectivity index (χ0n) is 36.4. The average Bonchev–Trinajstić information content (AvgIpc) is 3.31. The fourth-order valence-electron chi connectivity index (χ4n) is 7.67. The van der Waals surface area contributed by atoms with Crippen molar-refractivity contribution in [2.45, 2.75) is 48.3 Å². The van der Waals surface area contributed by atoms with E-state index in [2.05, 4.69) is 62.6 Å². The standard InChI is InChI=1S/C56H48N2O6S/c1-55(2,39-11-7-5-8-12-39)41-19-29-47(30-20-41)63-53(61)57-43-23-33-51(49(35-43)37-15-25-45(59)26-16-37)65-52-34-24-44(36-50(52)38-17-27-46(60)28-18-38)58-54(62)64-48-31-21-42(22-32-48)56(3,4)40-13-9-6-10-14-40/h5-36,59-60H,1-4H3,(H,57,61)(H,58,62). The van der Waals surface area contributed by atoms with E-state index in [1.165, 1.54) is 22.9 Å². The van der Waals surface area contributed by atoms with Gasteiger partial charge in [0.25, 0.3) is 0 Å². The van der Waals surface area contributed by atoms with E-state index in [4.69, 9.17) is 9.47 Å². The molecule has 0 saturated carbocycles. The molecule has 4 N–H and O–H groups in total. The van der Waals surface area contributed by atoms with Crippen LogP contribution in [0.1, 0.15) is 49.9 Å². The summed E-state index contributed by atoms with van der Waals surface area (Å²) in [6, 6.07) is 60.4. The van der Waals surface area contributed by atoms with Crippen LogP contribution in [0.15, 0.2) is 204 Å². The van der Waals surface area contributed by atoms with Gasteiger partial charge in [-0.25, -0.2) is 9.59 Å². The summed E-state index contributed by atoms with van der Waals surface area (Å²) in [7, 11) is 0. The molecule has 0 atom stereocenters. The second-order valence-corrected chi connectivity index (χ2v) is 17.8. The van der Waals surface area contributed by atoms with E-state index in [0.717, 1.165) is 43.2 Å². The first-order valence-corrected chi connectivity index (χ1v) is 22.0. The first-order chi connectivity index (χ1) is 31.3. The summed E-state index contributed by atoms with van der Waals surface area (Å²) in [4.78, 5) is 28.2. The molecule has 8 nitrogen and oxygen atoms in total. The van der Waals surface area contributed by atoms with Crippen LogP contribution in [-0.4, -0.2) is 22.4 Å². The lowest BCUT2D eigenvalue weighted by Gasteiger charge is -2.26. The van der Waals surface area contributed by atoms with Crippen molar-refractivity contribution in [3.63, 3.8) is 0 Å². The third-order valence-electron chi connectivity index (χ3n) is 11.6. The lowest BCUT2D eigenvalue weighted by Crippen LogP contribution is -2.19. The van der Waals surface area contributed by atoms with Gasteiger partial charge in [-0.1, -0.05) is 149 Å². The van der Waals surface area contributed by atoms with Gasteiger partial charge in [-0.15, -0.1) is 0 Å². The Hall–Kier alpha value is -7.75. The van der Waals surface area contributed by atoms with Gasteiger partial charge < -0.3 is 19.7 Å². The SMILES string of the molecule is CC(C)(c1ccccc1)c1ccc(OC(=O)Nc2ccc(Sc3ccc(NC(=O)Oc4ccc(C(C)(C)c5ccccc5)cc4)cc3-c3ccc(O)cc3)c(-c3ccc(O)cc3)c2)cc1. The number of aromatic hydroxyl groups is 2. The molecule has 0 fully saturated rings. The smallest absolute Gasteiger partial charge is 0.417 e. The number of hydrogen-bond acceptors (Lipinski definition) is 7. The molecule has 0 unspecified atom stereocenters. The number of rotatable bonds is 12. The molecule has 0 aliphatic carbocycles. The van der Waals surface area contributed by atoms with Gasteiger partial charge in [0.1, 0.15) is 23.0 Å². The Balaban J connectivity index is 1.01. The zero-order chi connectivity index (χ0) is 45.6. The summed E-state index contributed by atoms with van der Waals surface area (Å²) in [6.45, 7) is 8.64. The molecule has 8 aromatic carbocycles. The highest BCUT2D eigenvalue weighted by atomic mass is 32.2. The van der Waals surface area contributed by atoms with Crippen LogP contribution < -0.4 is 20.1 Å². The molecular formula is C56H48N2O6S.